The maximum Gasteiger partial charge on any atom is 0.291 e. The van der Waals surface area contributed by atoms with E-state index in [1.165, 1.54) is 0 Å². The summed E-state index contributed by atoms with van der Waals surface area (Å²) in [5.41, 5.74) is 8.98. The van der Waals surface area contributed by atoms with Crippen LogP contribution in [-0.2, 0) is 20.0 Å². The van der Waals surface area contributed by atoms with Crippen LogP contribution in [0.5, 0.6) is 0 Å². The minimum Gasteiger partial charge on any atom is -0.338 e. The number of hydrogen-bond donors (Lipinski definition) is 2. The molecule has 0 unspecified atom stereocenters. The van der Waals surface area contributed by atoms with Crippen molar-refractivity contribution in [1.29, 1.82) is 0 Å². The second-order valence-electron chi connectivity index (χ2n) is 10.5. The number of aromatic nitrogens is 4. The van der Waals surface area contributed by atoms with E-state index in [-0.39, 0.29) is 8.76 Å². The van der Waals surface area contributed by atoms with Crippen molar-refractivity contribution in [2.45, 2.75) is 40.7 Å². The van der Waals surface area contributed by atoms with Gasteiger partial charge in [-0.3, -0.25) is 14.6 Å². The third-order valence-electron chi connectivity index (χ3n) is 7.87. The fourth-order valence-corrected chi connectivity index (χ4v) is 5.53. The highest BCUT2D eigenvalue weighted by atomic mass is 16.2. The molecule has 1 aliphatic heterocycles. The van der Waals surface area contributed by atoms with Crippen LogP contribution in [0.25, 0.3) is 22.0 Å². The van der Waals surface area contributed by atoms with Crippen molar-refractivity contribution < 1.29 is 12.4 Å². The summed E-state index contributed by atoms with van der Waals surface area (Å²) in [5.74, 6) is 0.819. The molecule has 224 valence electrons. The number of carbonyl (C=O) groups excluding carboxylic acids is 2. The lowest BCUT2D eigenvalue weighted by Gasteiger charge is -2.21. The number of aldehydes is 1. The van der Waals surface area contributed by atoms with Crippen molar-refractivity contribution in [3.63, 3.8) is 0 Å². The van der Waals surface area contributed by atoms with E-state index in [0.717, 1.165) is 76.2 Å². The third kappa shape index (κ3) is 5.76. The zero-order chi connectivity index (χ0) is 30.7. The second-order valence-corrected chi connectivity index (χ2v) is 10.5. The molecule has 0 bridgehead atoms. The molecule has 9 heteroatoms. The fraction of sp³-hybridized carbons (Fsp3) is 0.265. The first kappa shape index (κ1) is 29.6. The number of benzene rings is 2. The highest BCUT2D eigenvalue weighted by Crippen LogP contribution is 2.35. The van der Waals surface area contributed by atoms with Crippen LogP contribution in [0.15, 0.2) is 60.9 Å². The van der Waals surface area contributed by atoms with Gasteiger partial charge in [-0.05, 0) is 67.4 Å². The number of nitrogens with zero attached hydrogens (tertiary/aromatic N) is 5. The molecule has 0 radical (unpaired) electrons. The highest BCUT2D eigenvalue weighted by Gasteiger charge is 2.24. The van der Waals surface area contributed by atoms with E-state index in [4.69, 9.17) is 0 Å². The molecule has 43 heavy (non-hydrogen) atoms. The Hall–Kier alpha value is -4.89. The molecule has 6 rings (SSSR count). The summed E-state index contributed by atoms with van der Waals surface area (Å²) in [4.78, 5) is 40.4. The van der Waals surface area contributed by atoms with Gasteiger partial charge in [-0.25, -0.2) is 9.97 Å². The second kappa shape index (κ2) is 12.5. The van der Waals surface area contributed by atoms with E-state index >= 15 is 0 Å². The number of amides is 1. The number of imidazole rings is 1. The summed E-state index contributed by atoms with van der Waals surface area (Å²) in [6.45, 7) is 9.78. The van der Waals surface area contributed by atoms with Crippen molar-refractivity contribution in [2.24, 2.45) is 7.05 Å². The van der Waals surface area contributed by atoms with Gasteiger partial charge in [0.05, 0.1) is 5.69 Å². The van der Waals surface area contributed by atoms with Gasteiger partial charge in [-0.1, -0.05) is 38.1 Å². The van der Waals surface area contributed by atoms with E-state index in [1.54, 1.807) is 18.5 Å². The van der Waals surface area contributed by atoms with Crippen LogP contribution in [0.2, 0.25) is 0 Å². The predicted octanol–water partition coefficient (Wildman–Crippen LogP) is 6.96. The van der Waals surface area contributed by atoms with Crippen LogP contribution in [-0.4, -0.2) is 50.2 Å². The SMILES string of the molecule is CC.Cc1c(NC(=O)c2nc3c(n2C)CCN(C)C3)cccc1-c1cccc(Nc2nccc3cc(C=O)cnc23)c1C.[HH].[HH]. The predicted molar refractivity (Wildman–Crippen MR) is 176 cm³/mol. The summed E-state index contributed by atoms with van der Waals surface area (Å²) >= 11 is 0. The topological polar surface area (TPSA) is 105 Å². The van der Waals surface area contributed by atoms with Gasteiger partial charge in [0.15, 0.2) is 17.9 Å². The third-order valence-corrected chi connectivity index (χ3v) is 7.87. The number of pyridine rings is 2. The molecule has 0 saturated carbocycles. The van der Waals surface area contributed by atoms with Gasteiger partial charge in [-0.15, -0.1) is 0 Å². The quantitative estimate of drug-likeness (QED) is 0.210. The number of fused-ring (bicyclic) bond motifs is 2. The van der Waals surface area contributed by atoms with Crippen molar-refractivity contribution in [1.82, 2.24) is 24.4 Å². The molecule has 2 N–H and O–H groups in total. The summed E-state index contributed by atoms with van der Waals surface area (Å²) in [6, 6.07) is 15.6. The molecular formula is C34H41N7O2. The number of rotatable bonds is 6. The van der Waals surface area contributed by atoms with Crippen LogP contribution in [0.4, 0.5) is 17.2 Å². The minimum absolute atomic E-state index is 0. The first-order valence-electron chi connectivity index (χ1n) is 14.5. The van der Waals surface area contributed by atoms with Gasteiger partial charge in [0.2, 0.25) is 0 Å². The average molecular weight is 580 g/mol. The molecule has 0 fully saturated rings. The average Bonchev–Trinajstić information content (AvgIpc) is 3.35. The Kier molecular flexibility index (Phi) is 8.63. The Morgan fingerprint density at radius 3 is 2.40 bits per heavy atom. The maximum absolute atomic E-state index is 13.4. The lowest BCUT2D eigenvalue weighted by Crippen LogP contribution is -2.27. The number of carbonyl (C=O) groups is 2. The van der Waals surface area contributed by atoms with Crippen molar-refractivity contribution in [3.05, 3.63) is 94.8 Å². The number of likely N-dealkylation sites (N-methyl/N-ethyl adjacent to an activating group) is 1. The standard InChI is InChI=1S/C32H31N7O2.C2H6.2H2/c1-19-23(7-5-9-25(19)35-30-29-22(11-13-33-30)15-21(18-40)16-34-29)24-8-6-10-26(20(24)2)37-32(41)31-36-27-17-38(3)14-12-28(27)39(31)4;1-2;;/h5-11,13,15-16,18H,12,14,17H2,1-4H3,(H,33,35)(H,37,41);1-2H3;2*1H. The molecule has 9 nitrogen and oxygen atoms in total. The smallest absolute Gasteiger partial charge is 0.291 e. The van der Waals surface area contributed by atoms with E-state index in [0.29, 0.717) is 22.7 Å². The fourth-order valence-electron chi connectivity index (χ4n) is 5.53. The van der Waals surface area contributed by atoms with Crippen LogP contribution in [0, 0.1) is 13.8 Å². The van der Waals surface area contributed by atoms with E-state index in [9.17, 15) is 9.59 Å². The van der Waals surface area contributed by atoms with Gasteiger partial charge in [0.1, 0.15) is 5.52 Å². The monoisotopic (exact) mass is 579 g/mol. The molecular weight excluding hydrogens is 538 g/mol. The first-order chi connectivity index (χ1) is 20.8. The molecule has 0 atom stereocenters. The molecule has 4 heterocycles. The van der Waals surface area contributed by atoms with E-state index in [2.05, 4.69) is 56.6 Å². The Bertz CT molecular complexity index is 1840. The van der Waals surface area contributed by atoms with Gasteiger partial charge >= 0.3 is 0 Å². The van der Waals surface area contributed by atoms with Gasteiger partial charge in [0, 0.05) is 69.8 Å². The lowest BCUT2D eigenvalue weighted by molar-refractivity contribution is 0.101. The van der Waals surface area contributed by atoms with E-state index in [1.807, 2.05) is 62.7 Å². The summed E-state index contributed by atoms with van der Waals surface area (Å²) in [5, 5.41) is 7.38. The molecule has 1 aliphatic rings. The van der Waals surface area contributed by atoms with Crippen LogP contribution in [0.1, 0.15) is 60.2 Å². The van der Waals surface area contributed by atoms with Gasteiger partial charge in [-0.2, -0.15) is 0 Å². The summed E-state index contributed by atoms with van der Waals surface area (Å²) in [7, 11) is 3.98. The van der Waals surface area contributed by atoms with Crippen LogP contribution < -0.4 is 10.6 Å². The van der Waals surface area contributed by atoms with Crippen molar-refractivity contribution in [2.75, 3.05) is 24.2 Å². The van der Waals surface area contributed by atoms with Crippen molar-refractivity contribution in [3.8, 4) is 11.1 Å². The Morgan fingerprint density at radius 2 is 1.67 bits per heavy atom. The van der Waals surface area contributed by atoms with Crippen LogP contribution >= 0.6 is 0 Å². The molecule has 0 aliphatic carbocycles. The number of anilines is 3. The molecule has 0 spiro atoms. The van der Waals surface area contributed by atoms with Crippen LogP contribution in [0.3, 0.4) is 0 Å². The maximum atomic E-state index is 13.4. The summed E-state index contributed by atoms with van der Waals surface area (Å²) in [6.07, 6.45) is 4.92. The Labute approximate surface area is 255 Å². The zero-order valence-corrected chi connectivity index (χ0v) is 25.5. The first-order valence-corrected chi connectivity index (χ1v) is 14.5. The van der Waals surface area contributed by atoms with Crippen molar-refractivity contribution >= 4 is 40.3 Å². The largest absolute Gasteiger partial charge is 0.338 e. The summed E-state index contributed by atoms with van der Waals surface area (Å²) < 4.78 is 1.92. The minimum atomic E-state index is -0.218. The number of hydrogen-bond acceptors (Lipinski definition) is 7. The molecule has 1 amide bonds. The normalized spacial score (nSPS) is 12.7. The molecule has 0 saturated heterocycles. The number of nitrogens with one attached hydrogen (secondary N) is 2. The Morgan fingerprint density at radius 1 is 0.977 bits per heavy atom. The van der Waals surface area contributed by atoms with Gasteiger partial charge < -0.3 is 20.1 Å². The molecule has 3 aromatic heterocycles. The lowest BCUT2D eigenvalue weighted by atomic mass is 9.94. The molecule has 5 aromatic rings. The van der Waals surface area contributed by atoms with Gasteiger partial charge in [0.25, 0.3) is 5.91 Å². The zero-order valence-electron chi connectivity index (χ0n) is 25.5. The highest BCUT2D eigenvalue weighted by molar-refractivity contribution is 6.03. The Balaban J connectivity index is 0.00000135. The van der Waals surface area contributed by atoms with E-state index < -0.39 is 0 Å². The molecule has 2 aromatic carbocycles.